The third-order valence-corrected chi connectivity index (χ3v) is 1.90. The van der Waals surface area contributed by atoms with Gasteiger partial charge in [-0.05, 0) is 26.2 Å². The van der Waals surface area contributed by atoms with E-state index in [9.17, 15) is 9.59 Å². The lowest BCUT2D eigenvalue weighted by atomic mass is 10.2. The Morgan fingerprint density at radius 3 is 2.40 bits per heavy atom. The molecule has 88 valence electrons. The number of hydrogen-bond donors (Lipinski definition) is 1. The standard InChI is InChI=1S/C10H18O5/c1-3-8(2)14-15-10(13)7-5-4-6-9(11)12/h8H,3-7H2,1-2H3,(H,11,12). The Bertz CT molecular complexity index is 202. The molecule has 0 aliphatic rings. The minimum atomic E-state index is -0.848. The summed E-state index contributed by atoms with van der Waals surface area (Å²) >= 11 is 0. The van der Waals surface area contributed by atoms with Crippen LogP contribution in [0.3, 0.4) is 0 Å². The van der Waals surface area contributed by atoms with Crippen molar-refractivity contribution in [3.8, 4) is 0 Å². The summed E-state index contributed by atoms with van der Waals surface area (Å²) in [5, 5.41) is 8.35. The van der Waals surface area contributed by atoms with E-state index < -0.39 is 11.9 Å². The molecule has 0 fully saturated rings. The van der Waals surface area contributed by atoms with Crippen LogP contribution in [0.2, 0.25) is 0 Å². The highest BCUT2D eigenvalue weighted by Crippen LogP contribution is 2.03. The van der Waals surface area contributed by atoms with Gasteiger partial charge in [0.1, 0.15) is 6.10 Å². The van der Waals surface area contributed by atoms with Crippen molar-refractivity contribution in [1.82, 2.24) is 0 Å². The van der Waals surface area contributed by atoms with E-state index in [0.717, 1.165) is 6.42 Å². The van der Waals surface area contributed by atoms with E-state index in [1.807, 2.05) is 6.92 Å². The molecule has 1 atom stereocenters. The smallest absolute Gasteiger partial charge is 0.342 e. The number of rotatable bonds is 8. The van der Waals surface area contributed by atoms with E-state index in [2.05, 4.69) is 4.89 Å². The Morgan fingerprint density at radius 1 is 1.27 bits per heavy atom. The number of carbonyl (C=O) groups is 2. The van der Waals surface area contributed by atoms with Crippen LogP contribution in [0.5, 0.6) is 0 Å². The first kappa shape index (κ1) is 13.9. The molecule has 5 heteroatoms. The minimum absolute atomic E-state index is 0.0828. The second-order valence-electron chi connectivity index (χ2n) is 3.37. The fraction of sp³-hybridized carbons (Fsp3) is 0.800. The van der Waals surface area contributed by atoms with Crippen LogP contribution in [0.15, 0.2) is 0 Å². The zero-order chi connectivity index (χ0) is 11.7. The monoisotopic (exact) mass is 218 g/mol. The van der Waals surface area contributed by atoms with Gasteiger partial charge in [0.15, 0.2) is 0 Å². The SMILES string of the molecule is CCC(C)OOC(=O)CCCCC(=O)O. The molecular weight excluding hydrogens is 200 g/mol. The third-order valence-electron chi connectivity index (χ3n) is 1.90. The summed E-state index contributed by atoms with van der Waals surface area (Å²) in [6.45, 7) is 3.73. The minimum Gasteiger partial charge on any atom is -0.481 e. The van der Waals surface area contributed by atoms with Crippen molar-refractivity contribution in [1.29, 1.82) is 0 Å². The predicted molar refractivity (Wildman–Crippen MR) is 53.0 cm³/mol. The van der Waals surface area contributed by atoms with Gasteiger partial charge in [0.05, 0.1) is 0 Å². The summed E-state index contributed by atoms with van der Waals surface area (Å²) < 4.78 is 0. The molecule has 0 aromatic heterocycles. The van der Waals surface area contributed by atoms with Crippen molar-refractivity contribution >= 4 is 11.9 Å². The van der Waals surface area contributed by atoms with Crippen molar-refractivity contribution in [3.05, 3.63) is 0 Å². The first-order valence-electron chi connectivity index (χ1n) is 5.14. The summed E-state index contributed by atoms with van der Waals surface area (Å²) in [5.41, 5.74) is 0. The molecule has 0 aliphatic carbocycles. The molecule has 0 radical (unpaired) electrons. The van der Waals surface area contributed by atoms with Gasteiger partial charge in [-0.1, -0.05) is 6.92 Å². The van der Waals surface area contributed by atoms with Crippen LogP contribution in [0.25, 0.3) is 0 Å². The van der Waals surface area contributed by atoms with Gasteiger partial charge in [0.2, 0.25) is 0 Å². The van der Waals surface area contributed by atoms with E-state index in [1.54, 1.807) is 6.92 Å². The van der Waals surface area contributed by atoms with Crippen molar-refractivity contribution in [3.63, 3.8) is 0 Å². The Kier molecular flexibility index (Phi) is 7.62. The maximum absolute atomic E-state index is 11.0. The van der Waals surface area contributed by atoms with Gasteiger partial charge in [-0.15, -0.1) is 0 Å². The highest BCUT2D eigenvalue weighted by Gasteiger charge is 2.07. The molecule has 0 spiro atoms. The highest BCUT2D eigenvalue weighted by atomic mass is 17.2. The van der Waals surface area contributed by atoms with Gasteiger partial charge < -0.3 is 5.11 Å². The quantitative estimate of drug-likeness (QED) is 0.382. The van der Waals surface area contributed by atoms with E-state index in [0.29, 0.717) is 12.8 Å². The van der Waals surface area contributed by atoms with Crippen LogP contribution in [-0.2, 0) is 19.4 Å². The van der Waals surface area contributed by atoms with Crippen LogP contribution in [0.1, 0.15) is 46.0 Å². The highest BCUT2D eigenvalue weighted by molar-refractivity contribution is 5.69. The molecule has 0 saturated heterocycles. The molecule has 0 saturated carbocycles. The summed E-state index contributed by atoms with van der Waals surface area (Å²) in [6.07, 6.45) is 1.94. The lowest BCUT2D eigenvalue weighted by Crippen LogP contribution is -2.12. The van der Waals surface area contributed by atoms with E-state index >= 15 is 0 Å². The normalized spacial score (nSPS) is 12.1. The lowest BCUT2D eigenvalue weighted by Gasteiger charge is -2.08. The first-order valence-corrected chi connectivity index (χ1v) is 5.14. The Morgan fingerprint density at radius 2 is 1.87 bits per heavy atom. The number of unbranched alkanes of at least 4 members (excludes halogenated alkanes) is 1. The van der Waals surface area contributed by atoms with E-state index in [-0.39, 0.29) is 18.9 Å². The molecule has 0 rings (SSSR count). The van der Waals surface area contributed by atoms with Crippen molar-refractivity contribution in [2.45, 2.75) is 52.1 Å². The fourth-order valence-corrected chi connectivity index (χ4v) is 0.791. The Labute approximate surface area is 89.3 Å². The molecule has 0 aliphatic heterocycles. The second kappa shape index (κ2) is 8.23. The summed E-state index contributed by atoms with van der Waals surface area (Å²) in [6, 6.07) is 0. The molecule has 15 heavy (non-hydrogen) atoms. The molecular formula is C10H18O5. The molecule has 0 bridgehead atoms. The number of hydrogen-bond acceptors (Lipinski definition) is 4. The van der Waals surface area contributed by atoms with Crippen molar-refractivity contribution in [2.75, 3.05) is 0 Å². The molecule has 0 aromatic rings. The van der Waals surface area contributed by atoms with E-state index in [4.69, 9.17) is 9.99 Å². The lowest BCUT2D eigenvalue weighted by molar-refractivity contribution is -0.295. The van der Waals surface area contributed by atoms with Gasteiger partial charge >= 0.3 is 11.9 Å². The van der Waals surface area contributed by atoms with Gasteiger partial charge in [-0.2, -0.15) is 4.89 Å². The molecule has 5 nitrogen and oxygen atoms in total. The van der Waals surface area contributed by atoms with Gasteiger partial charge in [0, 0.05) is 12.8 Å². The molecule has 1 unspecified atom stereocenters. The predicted octanol–water partition coefficient (Wildman–Crippen LogP) is 1.90. The van der Waals surface area contributed by atoms with Crippen LogP contribution in [0.4, 0.5) is 0 Å². The first-order chi connectivity index (χ1) is 7.06. The average Bonchev–Trinajstić information content (AvgIpc) is 2.20. The summed E-state index contributed by atoms with van der Waals surface area (Å²) in [5.74, 6) is -1.29. The number of carbonyl (C=O) groups excluding carboxylic acids is 1. The topological polar surface area (TPSA) is 72.8 Å². The van der Waals surface area contributed by atoms with Crippen LogP contribution in [0, 0.1) is 0 Å². The van der Waals surface area contributed by atoms with Crippen LogP contribution < -0.4 is 0 Å². The van der Waals surface area contributed by atoms with Gasteiger partial charge in [0.25, 0.3) is 0 Å². The number of carboxylic acids is 1. The largest absolute Gasteiger partial charge is 0.481 e. The number of carboxylic acid groups (broad SMARTS) is 1. The van der Waals surface area contributed by atoms with Crippen molar-refractivity contribution < 1.29 is 24.5 Å². The zero-order valence-electron chi connectivity index (χ0n) is 9.19. The molecule has 0 amide bonds. The maximum atomic E-state index is 11.0. The van der Waals surface area contributed by atoms with Crippen LogP contribution >= 0.6 is 0 Å². The molecule has 0 aromatic carbocycles. The number of aliphatic carboxylic acids is 1. The third kappa shape index (κ3) is 9.21. The Hall–Kier alpha value is -1.10. The fourth-order valence-electron chi connectivity index (χ4n) is 0.791. The van der Waals surface area contributed by atoms with Gasteiger partial charge in [-0.3, -0.25) is 9.68 Å². The Balaban J connectivity index is 3.37. The second-order valence-corrected chi connectivity index (χ2v) is 3.37. The summed E-state index contributed by atoms with van der Waals surface area (Å²) in [4.78, 5) is 30.5. The van der Waals surface area contributed by atoms with Gasteiger partial charge in [-0.25, -0.2) is 4.79 Å². The molecule has 0 heterocycles. The maximum Gasteiger partial charge on any atom is 0.342 e. The van der Waals surface area contributed by atoms with E-state index in [1.165, 1.54) is 0 Å². The van der Waals surface area contributed by atoms with Crippen molar-refractivity contribution in [2.24, 2.45) is 0 Å². The summed E-state index contributed by atoms with van der Waals surface area (Å²) in [7, 11) is 0. The zero-order valence-corrected chi connectivity index (χ0v) is 9.19. The molecule has 1 N–H and O–H groups in total. The average molecular weight is 218 g/mol. The van der Waals surface area contributed by atoms with Crippen LogP contribution in [-0.4, -0.2) is 23.1 Å².